The molecule has 1 aromatic rings. The van der Waals surface area contributed by atoms with E-state index in [1.54, 1.807) is 0 Å². The van der Waals surface area contributed by atoms with Gasteiger partial charge in [-0.2, -0.15) is 0 Å². The Kier molecular flexibility index (Phi) is 4.24. The molecule has 2 atom stereocenters. The highest BCUT2D eigenvalue weighted by molar-refractivity contribution is 5.90. The van der Waals surface area contributed by atoms with Crippen LogP contribution in [-0.4, -0.2) is 35.3 Å². The first-order chi connectivity index (χ1) is 8.38. The van der Waals surface area contributed by atoms with E-state index in [0.717, 1.165) is 0 Å². The summed E-state index contributed by atoms with van der Waals surface area (Å²) in [5.74, 6) is -1.66. The number of hydrogen-bond acceptors (Lipinski definition) is 6. The third-order valence-corrected chi connectivity index (χ3v) is 2.42. The molecule has 0 heterocycles. The van der Waals surface area contributed by atoms with Gasteiger partial charge in [0.15, 0.2) is 6.10 Å². The molecule has 0 bridgehead atoms. The maximum absolute atomic E-state index is 11.2. The molecule has 0 saturated carbocycles. The van der Waals surface area contributed by atoms with Crippen LogP contribution in [0, 0.1) is 0 Å². The summed E-state index contributed by atoms with van der Waals surface area (Å²) in [4.78, 5) is 22.0. The second-order valence-electron chi connectivity index (χ2n) is 3.63. The molecule has 6 N–H and O–H groups in total. The van der Waals surface area contributed by atoms with E-state index in [4.69, 9.17) is 11.5 Å². The number of primary amides is 1. The molecule has 0 radical (unpaired) electrons. The van der Waals surface area contributed by atoms with Gasteiger partial charge in [-0.25, -0.2) is 4.79 Å². The molecule has 0 aliphatic carbocycles. The minimum Gasteiger partial charge on any atom is -0.465 e. The van der Waals surface area contributed by atoms with Gasteiger partial charge in [-0.15, -0.1) is 0 Å². The molecule has 0 saturated heterocycles. The Balaban J connectivity index is 3.06. The monoisotopic (exact) mass is 254 g/mol. The van der Waals surface area contributed by atoms with E-state index in [0.29, 0.717) is 0 Å². The SMILES string of the molecule is COC(=O)c1ccc(C(O)C(O)C(N)=O)c(N)c1. The van der Waals surface area contributed by atoms with Crippen LogP contribution >= 0.6 is 0 Å². The standard InChI is InChI=1S/C11H14N2O5/c1-18-11(17)5-2-3-6(7(12)4-5)8(14)9(15)10(13)16/h2-4,8-9,14-15H,12H2,1H3,(H2,13,16). The smallest absolute Gasteiger partial charge is 0.337 e. The van der Waals surface area contributed by atoms with Gasteiger partial charge in [-0.1, -0.05) is 6.07 Å². The molecule has 98 valence electrons. The van der Waals surface area contributed by atoms with Gasteiger partial charge < -0.3 is 26.4 Å². The van der Waals surface area contributed by atoms with Gasteiger partial charge in [0.25, 0.3) is 0 Å². The normalized spacial score (nSPS) is 13.7. The average Bonchev–Trinajstić information content (AvgIpc) is 2.35. The molecule has 0 aromatic heterocycles. The van der Waals surface area contributed by atoms with E-state index >= 15 is 0 Å². The van der Waals surface area contributed by atoms with Crippen LogP contribution in [0.5, 0.6) is 0 Å². The zero-order chi connectivity index (χ0) is 13.9. The van der Waals surface area contributed by atoms with E-state index in [9.17, 15) is 19.8 Å². The summed E-state index contributed by atoms with van der Waals surface area (Å²) in [5, 5.41) is 19.0. The van der Waals surface area contributed by atoms with E-state index in [2.05, 4.69) is 4.74 Å². The summed E-state index contributed by atoms with van der Waals surface area (Å²) in [6, 6.07) is 3.95. The number of aliphatic hydroxyl groups excluding tert-OH is 2. The van der Waals surface area contributed by atoms with Crippen molar-refractivity contribution in [2.45, 2.75) is 12.2 Å². The third kappa shape index (κ3) is 2.76. The lowest BCUT2D eigenvalue weighted by atomic mass is 10.0. The van der Waals surface area contributed by atoms with Crippen LogP contribution in [0.3, 0.4) is 0 Å². The number of anilines is 1. The van der Waals surface area contributed by atoms with E-state index in [1.807, 2.05) is 0 Å². The molecule has 1 aromatic carbocycles. The summed E-state index contributed by atoms with van der Waals surface area (Å²) in [7, 11) is 1.22. The molecule has 0 fully saturated rings. The largest absolute Gasteiger partial charge is 0.465 e. The van der Waals surface area contributed by atoms with Crippen LogP contribution in [0.1, 0.15) is 22.0 Å². The predicted octanol–water partition coefficient (Wildman–Crippen LogP) is -1.06. The molecule has 7 nitrogen and oxygen atoms in total. The zero-order valence-corrected chi connectivity index (χ0v) is 9.66. The Morgan fingerprint density at radius 3 is 2.39 bits per heavy atom. The highest BCUT2D eigenvalue weighted by Crippen LogP contribution is 2.24. The molecule has 0 aliphatic heterocycles. The van der Waals surface area contributed by atoms with Crippen molar-refractivity contribution >= 4 is 17.6 Å². The number of amides is 1. The fourth-order valence-electron chi connectivity index (χ4n) is 1.41. The molecule has 2 unspecified atom stereocenters. The van der Waals surface area contributed by atoms with E-state index < -0.39 is 24.1 Å². The molecule has 1 amide bonds. The number of nitrogens with two attached hydrogens (primary N) is 2. The zero-order valence-electron chi connectivity index (χ0n) is 9.66. The van der Waals surface area contributed by atoms with Crippen LogP contribution in [-0.2, 0) is 9.53 Å². The number of ether oxygens (including phenoxy) is 1. The lowest BCUT2D eigenvalue weighted by Gasteiger charge is -2.17. The van der Waals surface area contributed by atoms with Crippen LogP contribution in [0.15, 0.2) is 18.2 Å². The number of esters is 1. The number of carbonyl (C=O) groups excluding carboxylic acids is 2. The van der Waals surface area contributed by atoms with Gasteiger partial charge in [0.05, 0.1) is 12.7 Å². The topological polar surface area (TPSA) is 136 Å². The van der Waals surface area contributed by atoms with Crippen molar-refractivity contribution < 1.29 is 24.5 Å². The van der Waals surface area contributed by atoms with Crippen molar-refractivity contribution in [1.29, 1.82) is 0 Å². The fraction of sp³-hybridized carbons (Fsp3) is 0.273. The first kappa shape index (κ1) is 13.9. The summed E-state index contributed by atoms with van der Waals surface area (Å²) in [6.45, 7) is 0. The van der Waals surface area contributed by atoms with Crippen molar-refractivity contribution in [1.82, 2.24) is 0 Å². The molecule has 0 spiro atoms. The molecule has 1 rings (SSSR count). The van der Waals surface area contributed by atoms with Gasteiger partial charge >= 0.3 is 5.97 Å². The Bertz CT molecular complexity index is 475. The average molecular weight is 254 g/mol. The number of rotatable bonds is 4. The third-order valence-electron chi connectivity index (χ3n) is 2.42. The number of hydrogen-bond donors (Lipinski definition) is 4. The molecule has 7 heteroatoms. The van der Waals surface area contributed by atoms with Gasteiger partial charge in [-0.05, 0) is 12.1 Å². The van der Waals surface area contributed by atoms with Crippen molar-refractivity contribution in [2.75, 3.05) is 12.8 Å². The summed E-state index contributed by atoms with van der Waals surface area (Å²) < 4.78 is 4.50. The maximum Gasteiger partial charge on any atom is 0.337 e. The van der Waals surface area contributed by atoms with Crippen LogP contribution in [0.4, 0.5) is 5.69 Å². The molecule has 0 aliphatic rings. The first-order valence-corrected chi connectivity index (χ1v) is 5.01. The quantitative estimate of drug-likeness (QED) is 0.399. The summed E-state index contributed by atoms with van der Waals surface area (Å²) >= 11 is 0. The van der Waals surface area contributed by atoms with Crippen molar-refractivity contribution in [2.24, 2.45) is 5.73 Å². The lowest BCUT2D eigenvalue weighted by Crippen LogP contribution is -2.34. The molecular formula is C11H14N2O5. The number of aliphatic hydroxyl groups is 2. The minimum absolute atomic E-state index is 0.0469. The summed E-state index contributed by atoms with van der Waals surface area (Å²) in [5.41, 5.74) is 10.8. The highest BCUT2D eigenvalue weighted by Gasteiger charge is 2.25. The fourth-order valence-corrected chi connectivity index (χ4v) is 1.41. The Hall–Kier alpha value is -2.12. The minimum atomic E-state index is -1.77. The first-order valence-electron chi connectivity index (χ1n) is 5.01. The molecular weight excluding hydrogens is 240 g/mol. The van der Waals surface area contributed by atoms with Gasteiger partial charge in [-0.3, -0.25) is 4.79 Å². The highest BCUT2D eigenvalue weighted by atomic mass is 16.5. The van der Waals surface area contributed by atoms with E-state index in [1.165, 1.54) is 25.3 Å². The van der Waals surface area contributed by atoms with Gasteiger partial charge in [0.1, 0.15) is 6.10 Å². The van der Waals surface area contributed by atoms with E-state index in [-0.39, 0.29) is 16.8 Å². The van der Waals surface area contributed by atoms with Crippen LogP contribution < -0.4 is 11.5 Å². The second kappa shape index (κ2) is 5.48. The van der Waals surface area contributed by atoms with Crippen molar-refractivity contribution in [3.8, 4) is 0 Å². The van der Waals surface area contributed by atoms with Crippen molar-refractivity contribution in [3.05, 3.63) is 29.3 Å². The number of nitrogen functional groups attached to an aromatic ring is 1. The number of methoxy groups -OCH3 is 1. The number of benzene rings is 1. The Morgan fingerprint density at radius 2 is 1.94 bits per heavy atom. The molecule has 18 heavy (non-hydrogen) atoms. The maximum atomic E-state index is 11.2. The van der Waals surface area contributed by atoms with Crippen LogP contribution in [0.2, 0.25) is 0 Å². The Labute approximate surface area is 103 Å². The lowest BCUT2D eigenvalue weighted by molar-refractivity contribution is -0.131. The Morgan fingerprint density at radius 1 is 1.33 bits per heavy atom. The van der Waals surface area contributed by atoms with Crippen LogP contribution in [0.25, 0.3) is 0 Å². The predicted molar refractivity (Wildman–Crippen MR) is 62.4 cm³/mol. The van der Waals surface area contributed by atoms with Gasteiger partial charge in [0, 0.05) is 11.3 Å². The number of carbonyl (C=O) groups is 2. The van der Waals surface area contributed by atoms with Gasteiger partial charge in [0.2, 0.25) is 5.91 Å². The summed E-state index contributed by atoms with van der Waals surface area (Å²) in [6.07, 6.45) is -3.31. The van der Waals surface area contributed by atoms with Crippen molar-refractivity contribution in [3.63, 3.8) is 0 Å². The second-order valence-corrected chi connectivity index (χ2v) is 3.63.